The maximum atomic E-state index is 13.7. The van der Waals surface area contributed by atoms with E-state index in [1.54, 1.807) is 27.7 Å². The monoisotopic (exact) mass is 1190 g/mol. The quantitative estimate of drug-likeness (QED) is 0.0643. The Bertz CT molecular complexity index is 2370. The van der Waals surface area contributed by atoms with Crippen molar-refractivity contribution >= 4 is 35.8 Å². The van der Waals surface area contributed by atoms with Gasteiger partial charge in [-0.05, 0) is 121 Å². The van der Waals surface area contributed by atoms with E-state index in [4.69, 9.17) is 86.2 Å². The van der Waals surface area contributed by atoms with Gasteiger partial charge in [-0.1, -0.05) is 48.5 Å². The SMILES string of the molecule is C[C@@H]1O[C@@H](OC(=O)CCC(=O)OC(OC(=O)CCC(=O)O[C@@H]2O[C@@H]3O[C@@]4(C)CC[C@H]5[C@H](C)CC[C@@H]([C@H]2C)[C@@]35OO4)OC(=O)CCC(=O)O[C@@H]2O[C@@H]3O[C@@]4(C)CC[C@H]5[C@H](C)CC[C@@H]([C@H]2C)[C@@]35OO4)[C@H](C)[C@]2(C)CC[C@@H](C)[C@@H]3CC[C@@](C)(OO[C@H]32)O1. The largest absolute Gasteiger partial charge is 0.435 e. The summed E-state index contributed by atoms with van der Waals surface area (Å²) in [4.78, 5) is 118. The fourth-order valence-electron chi connectivity index (χ4n) is 16.4. The number of hydrogen-bond acceptors (Lipinski definition) is 24. The lowest BCUT2D eigenvalue weighted by Crippen LogP contribution is -2.70. The normalized spacial score (nSPS) is 47.3. The molecular weight excluding hydrogens is 1100 g/mol. The number of rotatable bonds is 15. The molecule has 10 saturated heterocycles. The van der Waals surface area contributed by atoms with E-state index in [1.807, 2.05) is 20.8 Å². The minimum atomic E-state index is -2.30. The number of fused-ring (bicyclic) bond motifs is 6. The van der Waals surface area contributed by atoms with Crippen LogP contribution in [0.1, 0.15) is 192 Å². The molecule has 24 atom stereocenters. The highest BCUT2D eigenvalue weighted by atomic mass is 17.3. The van der Waals surface area contributed by atoms with Crippen molar-refractivity contribution in [2.24, 2.45) is 70.5 Å². The first-order chi connectivity index (χ1) is 39.8. The fourth-order valence-corrected chi connectivity index (χ4v) is 16.4. The second kappa shape index (κ2) is 23.7. The molecule has 13 fully saturated rings. The van der Waals surface area contributed by atoms with Crippen molar-refractivity contribution in [2.75, 3.05) is 0 Å². The smallest absolute Gasteiger partial charge is 0.412 e. The molecule has 84 heavy (non-hydrogen) atoms. The molecule has 0 N–H and O–H groups in total. The highest BCUT2D eigenvalue weighted by Gasteiger charge is 2.72. The van der Waals surface area contributed by atoms with E-state index in [-0.39, 0.29) is 47.5 Å². The van der Waals surface area contributed by atoms with E-state index in [2.05, 4.69) is 27.7 Å². The Labute approximate surface area is 490 Å². The fraction of sp³-hybridized carbons (Fsp3) is 0.900. The van der Waals surface area contributed by atoms with Crippen molar-refractivity contribution in [1.82, 2.24) is 0 Å². The Morgan fingerprint density at radius 1 is 0.429 bits per heavy atom. The van der Waals surface area contributed by atoms with Crippen LogP contribution in [0, 0.1) is 70.5 Å². The summed E-state index contributed by atoms with van der Waals surface area (Å²) in [5.41, 5.74) is -2.33. The lowest BCUT2D eigenvalue weighted by atomic mass is 9.58. The number of carbonyl (C=O) groups excluding carboxylic acids is 6. The molecule has 0 aromatic carbocycles. The summed E-state index contributed by atoms with van der Waals surface area (Å²) >= 11 is 0. The molecule has 0 unspecified atom stereocenters. The van der Waals surface area contributed by atoms with Crippen LogP contribution in [0.2, 0.25) is 0 Å². The van der Waals surface area contributed by atoms with Gasteiger partial charge in [-0.15, -0.1) is 0 Å². The zero-order valence-corrected chi connectivity index (χ0v) is 50.5. The predicted molar refractivity (Wildman–Crippen MR) is 280 cm³/mol. The van der Waals surface area contributed by atoms with Crippen LogP contribution in [0.25, 0.3) is 0 Å². The number of carbonyl (C=O) groups is 6. The first kappa shape index (κ1) is 62.0. The van der Waals surface area contributed by atoms with E-state index >= 15 is 0 Å². The van der Waals surface area contributed by atoms with Gasteiger partial charge in [0.25, 0.3) is 0 Å². The zero-order chi connectivity index (χ0) is 59.9. The summed E-state index contributed by atoms with van der Waals surface area (Å²) in [6.07, 6.45) is -0.378. The highest BCUT2D eigenvalue weighted by Crippen LogP contribution is 2.63. The third-order valence-corrected chi connectivity index (χ3v) is 21.6. The standard InChI is InChI=1S/C60H88O24/c1-30-22-26-55(8)35(6)51(67-36(7)76-56(9)27-23-37(30)48(55)79-80-56)70-44(63)18-21-47(66)73-54(71-45(64)19-16-42(61)68-49-33(4)40-14-12-31(2)38-24-28-57(10)77-52(74-49)59(38,40)83-81-57)72-46(65)20-17-43(62)69-50-34(5)41-15-13-32(3)39-25-29-58(11)78-53(75-50)60(39,41)84-82-58/h30-41,48-54H,12-29H2,1-11H3/t30-,31-,32-,33-,34-,35+,36-,37+,38+,39+,40+,41+,48-,49-,50-,51+,52-,53-,55+,56-,57-,58-,59-,60-/m1/s1. The van der Waals surface area contributed by atoms with Crippen molar-refractivity contribution in [1.29, 1.82) is 0 Å². The summed E-state index contributed by atoms with van der Waals surface area (Å²) < 4.78 is 71.8. The van der Waals surface area contributed by atoms with Crippen LogP contribution in [0.5, 0.6) is 0 Å². The van der Waals surface area contributed by atoms with Gasteiger partial charge < -0.3 is 56.8 Å². The number of hydrogen-bond donors (Lipinski definition) is 0. The summed E-state index contributed by atoms with van der Waals surface area (Å²) in [6, 6.07) is 0. The summed E-state index contributed by atoms with van der Waals surface area (Å²) in [5.74, 6) is -9.07. The average Bonchev–Trinajstić information content (AvgIpc) is 1.37. The van der Waals surface area contributed by atoms with Crippen molar-refractivity contribution in [3.8, 4) is 0 Å². The summed E-state index contributed by atoms with van der Waals surface area (Å²) in [6.45, 7) is 19.1. The van der Waals surface area contributed by atoms with Crippen LogP contribution in [0.15, 0.2) is 0 Å². The van der Waals surface area contributed by atoms with E-state index in [1.165, 1.54) is 0 Å². The highest BCUT2D eigenvalue weighted by molar-refractivity contribution is 5.80. The maximum absolute atomic E-state index is 13.7. The van der Waals surface area contributed by atoms with Gasteiger partial charge in [0.05, 0.1) is 38.5 Å². The first-order valence-corrected chi connectivity index (χ1v) is 31.0. The third-order valence-electron chi connectivity index (χ3n) is 21.6. The molecule has 3 saturated carbocycles. The van der Waals surface area contributed by atoms with Gasteiger partial charge in [0.2, 0.25) is 36.2 Å². The van der Waals surface area contributed by atoms with Crippen LogP contribution in [-0.2, 0) is 115 Å². The maximum Gasteiger partial charge on any atom is 0.412 e. The molecule has 0 amide bonds. The van der Waals surface area contributed by atoms with Gasteiger partial charge in [0, 0.05) is 54.3 Å². The molecular formula is C60H88O24. The molecule has 24 heteroatoms. The molecule has 24 nitrogen and oxygen atoms in total. The average molecular weight is 1190 g/mol. The second-order valence-corrected chi connectivity index (χ2v) is 27.2. The molecule has 0 radical (unpaired) electrons. The van der Waals surface area contributed by atoms with Gasteiger partial charge in [-0.3, -0.25) is 28.8 Å². The van der Waals surface area contributed by atoms with Crippen LogP contribution in [0.4, 0.5) is 0 Å². The second-order valence-electron chi connectivity index (χ2n) is 27.2. The molecule has 13 aliphatic rings. The molecule has 2 spiro atoms. The van der Waals surface area contributed by atoms with Crippen LogP contribution >= 0.6 is 0 Å². The van der Waals surface area contributed by atoms with E-state index in [0.717, 1.165) is 57.8 Å². The molecule has 0 aromatic heterocycles. The van der Waals surface area contributed by atoms with Crippen molar-refractivity contribution in [3.05, 3.63) is 0 Å². The third kappa shape index (κ3) is 11.7. The lowest BCUT2D eigenvalue weighted by molar-refractivity contribution is -0.576. The molecule has 6 bridgehead atoms. The van der Waals surface area contributed by atoms with E-state index < -0.39 is 158 Å². The van der Waals surface area contributed by atoms with Crippen molar-refractivity contribution in [3.63, 3.8) is 0 Å². The molecule has 0 aromatic rings. The number of esters is 6. The zero-order valence-electron chi connectivity index (χ0n) is 50.5. The Morgan fingerprint density at radius 3 is 1.33 bits per heavy atom. The van der Waals surface area contributed by atoms with Crippen molar-refractivity contribution < 1.29 is 115 Å². The molecule has 10 aliphatic heterocycles. The van der Waals surface area contributed by atoms with Gasteiger partial charge in [-0.2, -0.15) is 0 Å². The minimum Gasteiger partial charge on any atom is -0.435 e. The van der Waals surface area contributed by atoms with Crippen LogP contribution in [-0.4, -0.2) is 115 Å². The van der Waals surface area contributed by atoms with E-state index in [9.17, 15) is 28.8 Å². The summed E-state index contributed by atoms with van der Waals surface area (Å²) in [7, 11) is 0. The van der Waals surface area contributed by atoms with Crippen LogP contribution in [0.3, 0.4) is 0 Å². The van der Waals surface area contributed by atoms with Gasteiger partial charge in [0.15, 0.2) is 30.1 Å². The van der Waals surface area contributed by atoms with Crippen molar-refractivity contribution in [2.45, 2.75) is 271 Å². The summed E-state index contributed by atoms with van der Waals surface area (Å²) in [5, 5.41) is 0. The first-order valence-electron chi connectivity index (χ1n) is 31.0. The predicted octanol–water partition coefficient (Wildman–Crippen LogP) is 8.52. The van der Waals surface area contributed by atoms with Gasteiger partial charge >= 0.3 is 42.3 Å². The topological polar surface area (TPSA) is 269 Å². The molecule has 10 heterocycles. The lowest BCUT2D eigenvalue weighted by Gasteiger charge is -2.59. The minimum absolute atomic E-state index is 0.0872. The number of ether oxygens (including phenoxy) is 12. The van der Waals surface area contributed by atoms with Gasteiger partial charge in [0.1, 0.15) is 6.10 Å². The Kier molecular flexibility index (Phi) is 17.5. The molecule has 3 aliphatic carbocycles. The molecule has 13 rings (SSSR count). The van der Waals surface area contributed by atoms with Gasteiger partial charge in [-0.25, -0.2) is 29.3 Å². The molecule has 472 valence electrons. The Morgan fingerprint density at radius 2 is 0.857 bits per heavy atom. The Balaban J connectivity index is 0.717. The van der Waals surface area contributed by atoms with Crippen LogP contribution < -0.4 is 0 Å². The van der Waals surface area contributed by atoms with E-state index in [0.29, 0.717) is 37.0 Å². The Hall–Kier alpha value is -3.66.